The third-order valence-electron chi connectivity index (χ3n) is 2.97. The number of rotatable bonds is 4. The average molecular weight is 207 g/mol. The standard InChI is InChI=1S/C12H17NO2/c1-15-10-5-3-2-4-9(10)11(13)12(14)8-6-7-8/h2-5,8,11-12,14H,6-7,13H2,1H3/t11-,12+/m1/s1. The molecule has 0 radical (unpaired) electrons. The minimum Gasteiger partial charge on any atom is -0.496 e. The Kier molecular flexibility index (Phi) is 2.93. The molecule has 2 atom stereocenters. The smallest absolute Gasteiger partial charge is 0.123 e. The lowest BCUT2D eigenvalue weighted by Gasteiger charge is -2.20. The van der Waals surface area contributed by atoms with Crippen LogP contribution in [-0.2, 0) is 0 Å². The molecule has 1 saturated carbocycles. The highest BCUT2D eigenvalue weighted by Crippen LogP contribution is 2.38. The maximum atomic E-state index is 9.95. The molecule has 15 heavy (non-hydrogen) atoms. The van der Waals surface area contributed by atoms with Crippen molar-refractivity contribution in [1.82, 2.24) is 0 Å². The summed E-state index contributed by atoms with van der Waals surface area (Å²) in [6.45, 7) is 0. The fourth-order valence-electron chi connectivity index (χ4n) is 1.86. The molecule has 3 heteroatoms. The second-order valence-corrected chi connectivity index (χ2v) is 4.10. The van der Waals surface area contributed by atoms with Crippen LogP contribution in [0.4, 0.5) is 0 Å². The van der Waals surface area contributed by atoms with E-state index in [1.807, 2.05) is 24.3 Å². The van der Waals surface area contributed by atoms with E-state index < -0.39 is 6.10 Å². The zero-order valence-corrected chi connectivity index (χ0v) is 8.89. The molecule has 0 aliphatic heterocycles. The lowest BCUT2D eigenvalue weighted by Crippen LogP contribution is -2.28. The minimum atomic E-state index is -0.443. The summed E-state index contributed by atoms with van der Waals surface area (Å²) in [6.07, 6.45) is 1.73. The minimum absolute atomic E-state index is 0.339. The van der Waals surface area contributed by atoms with Crippen molar-refractivity contribution in [2.24, 2.45) is 11.7 Å². The van der Waals surface area contributed by atoms with E-state index in [2.05, 4.69) is 0 Å². The molecule has 1 fully saturated rings. The van der Waals surface area contributed by atoms with Crippen LogP contribution in [0.25, 0.3) is 0 Å². The van der Waals surface area contributed by atoms with E-state index in [0.29, 0.717) is 5.92 Å². The maximum absolute atomic E-state index is 9.95. The largest absolute Gasteiger partial charge is 0.496 e. The van der Waals surface area contributed by atoms with E-state index >= 15 is 0 Å². The van der Waals surface area contributed by atoms with E-state index in [9.17, 15) is 5.11 Å². The zero-order valence-electron chi connectivity index (χ0n) is 8.89. The van der Waals surface area contributed by atoms with Crippen LogP contribution >= 0.6 is 0 Å². The van der Waals surface area contributed by atoms with Crippen LogP contribution in [0.3, 0.4) is 0 Å². The van der Waals surface area contributed by atoms with Crippen molar-refractivity contribution in [3.8, 4) is 5.75 Å². The Hall–Kier alpha value is -1.06. The molecule has 1 aliphatic carbocycles. The molecule has 0 heterocycles. The summed E-state index contributed by atoms with van der Waals surface area (Å²) >= 11 is 0. The summed E-state index contributed by atoms with van der Waals surface area (Å²) in [5.74, 6) is 1.13. The number of hydrogen-bond acceptors (Lipinski definition) is 3. The molecular weight excluding hydrogens is 190 g/mol. The Morgan fingerprint density at radius 3 is 2.67 bits per heavy atom. The topological polar surface area (TPSA) is 55.5 Å². The van der Waals surface area contributed by atoms with Gasteiger partial charge >= 0.3 is 0 Å². The second kappa shape index (κ2) is 4.21. The van der Waals surface area contributed by atoms with Gasteiger partial charge in [-0.2, -0.15) is 0 Å². The third-order valence-corrected chi connectivity index (χ3v) is 2.97. The van der Waals surface area contributed by atoms with Gasteiger partial charge in [0.1, 0.15) is 5.75 Å². The quantitative estimate of drug-likeness (QED) is 0.786. The number of methoxy groups -OCH3 is 1. The number of para-hydroxylation sites is 1. The summed E-state index contributed by atoms with van der Waals surface area (Å²) in [5.41, 5.74) is 6.91. The number of ether oxygens (including phenoxy) is 1. The van der Waals surface area contributed by atoms with Gasteiger partial charge in [-0.15, -0.1) is 0 Å². The van der Waals surface area contributed by atoms with E-state index in [1.165, 1.54) is 0 Å². The van der Waals surface area contributed by atoms with Crippen LogP contribution in [0.2, 0.25) is 0 Å². The fourth-order valence-corrected chi connectivity index (χ4v) is 1.86. The molecule has 2 rings (SSSR count). The third kappa shape index (κ3) is 2.13. The monoisotopic (exact) mass is 207 g/mol. The van der Waals surface area contributed by atoms with Crippen molar-refractivity contribution < 1.29 is 9.84 Å². The molecule has 0 unspecified atom stereocenters. The Bertz CT molecular complexity index is 336. The predicted molar refractivity (Wildman–Crippen MR) is 58.7 cm³/mol. The lowest BCUT2D eigenvalue weighted by atomic mass is 9.98. The molecule has 1 aliphatic rings. The van der Waals surface area contributed by atoms with Gasteiger partial charge in [0.25, 0.3) is 0 Å². The SMILES string of the molecule is COc1ccccc1[C@@H](N)[C@@H](O)C1CC1. The molecule has 3 nitrogen and oxygen atoms in total. The Morgan fingerprint density at radius 1 is 1.40 bits per heavy atom. The van der Waals surface area contributed by atoms with Crippen molar-refractivity contribution in [1.29, 1.82) is 0 Å². The lowest BCUT2D eigenvalue weighted by molar-refractivity contribution is 0.121. The van der Waals surface area contributed by atoms with Gasteiger partial charge in [0, 0.05) is 5.56 Å². The normalized spacial score (nSPS) is 19.7. The Labute approximate surface area is 89.9 Å². The predicted octanol–water partition coefficient (Wildman–Crippen LogP) is 1.47. The van der Waals surface area contributed by atoms with E-state index in [-0.39, 0.29) is 6.04 Å². The number of aliphatic hydroxyl groups is 1. The van der Waals surface area contributed by atoms with Crippen molar-refractivity contribution in [3.63, 3.8) is 0 Å². The Balaban J connectivity index is 2.19. The molecule has 0 amide bonds. The van der Waals surface area contributed by atoms with Crippen LogP contribution < -0.4 is 10.5 Å². The van der Waals surface area contributed by atoms with Crippen molar-refractivity contribution in [2.75, 3.05) is 7.11 Å². The summed E-state index contributed by atoms with van der Waals surface area (Å²) in [5, 5.41) is 9.95. The number of hydrogen-bond donors (Lipinski definition) is 2. The average Bonchev–Trinajstić information content (AvgIpc) is 3.11. The van der Waals surface area contributed by atoms with Crippen molar-refractivity contribution in [3.05, 3.63) is 29.8 Å². The first kappa shape index (κ1) is 10.5. The van der Waals surface area contributed by atoms with Gasteiger partial charge in [-0.25, -0.2) is 0 Å². The molecule has 1 aromatic carbocycles. The molecule has 3 N–H and O–H groups in total. The highest BCUT2D eigenvalue weighted by molar-refractivity contribution is 5.36. The molecule has 0 aromatic heterocycles. The van der Waals surface area contributed by atoms with Gasteiger partial charge in [-0.05, 0) is 24.8 Å². The van der Waals surface area contributed by atoms with Crippen molar-refractivity contribution in [2.45, 2.75) is 25.0 Å². The van der Waals surface area contributed by atoms with Crippen LogP contribution in [0.5, 0.6) is 5.75 Å². The molecule has 0 bridgehead atoms. The van der Waals surface area contributed by atoms with Gasteiger partial charge in [0.15, 0.2) is 0 Å². The van der Waals surface area contributed by atoms with Gasteiger partial charge in [0.05, 0.1) is 19.3 Å². The molecule has 0 spiro atoms. The first-order valence-electron chi connectivity index (χ1n) is 5.30. The summed E-state index contributed by atoms with van der Waals surface area (Å²) in [4.78, 5) is 0. The Morgan fingerprint density at radius 2 is 2.07 bits per heavy atom. The molecule has 0 saturated heterocycles. The van der Waals surface area contributed by atoms with Crippen LogP contribution in [-0.4, -0.2) is 18.3 Å². The summed E-state index contributed by atoms with van der Waals surface area (Å²) in [7, 11) is 1.62. The summed E-state index contributed by atoms with van der Waals surface area (Å²) in [6, 6.07) is 7.26. The summed E-state index contributed by atoms with van der Waals surface area (Å²) < 4.78 is 5.23. The van der Waals surface area contributed by atoms with E-state index in [4.69, 9.17) is 10.5 Å². The first-order valence-corrected chi connectivity index (χ1v) is 5.30. The molecular formula is C12H17NO2. The van der Waals surface area contributed by atoms with Crippen LogP contribution in [0.15, 0.2) is 24.3 Å². The highest BCUT2D eigenvalue weighted by Gasteiger charge is 2.35. The number of benzene rings is 1. The fraction of sp³-hybridized carbons (Fsp3) is 0.500. The second-order valence-electron chi connectivity index (χ2n) is 4.10. The highest BCUT2D eigenvalue weighted by atomic mass is 16.5. The van der Waals surface area contributed by atoms with Gasteiger partial charge in [0.2, 0.25) is 0 Å². The molecule has 82 valence electrons. The van der Waals surface area contributed by atoms with E-state index in [0.717, 1.165) is 24.2 Å². The van der Waals surface area contributed by atoms with Gasteiger partial charge < -0.3 is 15.6 Å². The zero-order chi connectivity index (χ0) is 10.8. The van der Waals surface area contributed by atoms with Crippen LogP contribution in [0, 0.1) is 5.92 Å². The van der Waals surface area contributed by atoms with Crippen LogP contribution in [0.1, 0.15) is 24.4 Å². The number of nitrogens with two attached hydrogens (primary N) is 1. The first-order chi connectivity index (χ1) is 7.24. The van der Waals surface area contributed by atoms with Gasteiger partial charge in [-0.3, -0.25) is 0 Å². The molecule has 1 aromatic rings. The van der Waals surface area contributed by atoms with Gasteiger partial charge in [-0.1, -0.05) is 18.2 Å². The van der Waals surface area contributed by atoms with Crippen molar-refractivity contribution >= 4 is 0 Å². The van der Waals surface area contributed by atoms with E-state index in [1.54, 1.807) is 7.11 Å². The number of aliphatic hydroxyl groups excluding tert-OH is 1. The maximum Gasteiger partial charge on any atom is 0.123 e.